The van der Waals surface area contributed by atoms with E-state index in [2.05, 4.69) is 53.1 Å². The van der Waals surface area contributed by atoms with Crippen molar-refractivity contribution in [3.63, 3.8) is 0 Å². The largest absolute Gasteiger partial charge is 0.487 e. The van der Waals surface area contributed by atoms with Crippen molar-refractivity contribution in [3.05, 3.63) is 95.8 Å². The third-order valence-corrected chi connectivity index (χ3v) is 6.03. The Kier molecular flexibility index (Phi) is 8.33. The third kappa shape index (κ3) is 6.44. The second-order valence-electron chi connectivity index (χ2n) is 6.32. The first-order chi connectivity index (χ1) is 14.9. The smallest absolute Gasteiger partial charge is 0.266 e. The summed E-state index contributed by atoms with van der Waals surface area (Å²) in [6.07, 6.45) is 1.48. The van der Waals surface area contributed by atoms with Crippen LogP contribution in [0.3, 0.4) is 0 Å². The molecule has 8 heteroatoms. The average Bonchev–Trinajstić information content (AvgIpc) is 2.74. The van der Waals surface area contributed by atoms with Crippen molar-refractivity contribution in [2.75, 3.05) is 5.32 Å². The lowest BCUT2D eigenvalue weighted by Crippen LogP contribution is -2.13. The second-order valence-corrected chi connectivity index (χ2v) is 9.42. The van der Waals surface area contributed by atoms with E-state index in [1.807, 2.05) is 36.4 Å². The van der Waals surface area contributed by atoms with Gasteiger partial charge >= 0.3 is 0 Å². The molecule has 3 aromatic rings. The number of nitriles is 1. The molecule has 0 aromatic heterocycles. The number of rotatable bonds is 6. The fraction of sp³-hybridized carbons (Fsp3) is 0.0435. The van der Waals surface area contributed by atoms with Crippen LogP contribution in [0.2, 0.25) is 5.02 Å². The van der Waals surface area contributed by atoms with Crippen molar-refractivity contribution in [2.24, 2.45) is 0 Å². The lowest BCUT2D eigenvalue weighted by atomic mass is 10.1. The van der Waals surface area contributed by atoms with Crippen molar-refractivity contribution in [3.8, 4) is 11.8 Å². The Morgan fingerprint density at radius 2 is 1.77 bits per heavy atom. The van der Waals surface area contributed by atoms with Crippen LogP contribution in [0.4, 0.5) is 5.69 Å². The molecule has 0 saturated heterocycles. The van der Waals surface area contributed by atoms with Gasteiger partial charge in [-0.15, -0.1) is 0 Å². The monoisotopic (exact) mass is 622 g/mol. The summed E-state index contributed by atoms with van der Waals surface area (Å²) in [5.41, 5.74) is 1.89. The molecule has 0 aliphatic heterocycles. The van der Waals surface area contributed by atoms with Gasteiger partial charge in [-0.05, 0) is 64.0 Å². The summed E-state index contributed by atoms with van der Waals surface area (Å²) in [6.45, 7) is 0.321. The number of amides is 1. The lowest BCUT2D eigenvalue weighted by Gasteiger charge is -2.13. The number of hydrogen-bond donors (Lipinski definition) is 1. The highest BCUT2D eigenvalue weighted by atomic mass is 79.9. The standard InChI is InChI=1S/C23H14Br3ClN2O2/c24-17-7-5-14(6-8-17)13-31-22-15(10-18(25)11-19(22)26)9-16(12-28)23(30)29-21-4-2-1-3-20(21)27/h1-11H,13H2,(H,29,30)/b16-9+. The Morgan fingerprint density at radius 1 is 1.06 bits per heavy atom. The van der Waals surface area contributed by atoms with Gasteiger partial charge in [-0.3, -0.25) is 4.79 Å². The first-order valence-electron chi connectivity index (χ1n) is 8.91. The molecule has 156 valence electrons. The number of hydrogen-bond acceptors (Lipinski definition) is 3. The maximum atomic E-state index is 12.7. The average molecular weight is 626 g/mol. The SMILES string of the molecule is N#C/C(=C\c1cc(Br)cc(Br)c1OCc1ccc(Br)cc1)C(=O)Nc1ccccc1Cl. The van der Waals surface area contributed by atoms with E-state index in [0.717, 1.165) is 14.5 Å². The van der Waals surface area contributed by atoms with Gasteiger partial charge in [-0.25, -0.2) is 0 Å². The van der Waals surface area contributed by atoms with Crippen LogP contribution in [0.5, 0.6) is 5.75 Å². The molecule has 1 amide bonds. The molecule has 0 aliphatic carbocycles. The highest BCUT2D eigenvalue weighted by Crippen LogP contribution is 2.35. The van der Waals surface area contributed by atoms with Crippen LogP contribution in [0.15, 0.2) is 79.7 Å². The molecule has 0 heterocycles. The maximum absolute atomic E-state index is 12.7. The Morgan fingerprint density at radius 3 is 2.45 bits per heavy atom. The van der Waals surface area contributed by atoms with E-state index in [-0.39, 0.29) is 5.57 Å². The normalized spacial score (nSPS) is 11.0. The Balaban J connectivity index is 1.89. The number of para-hydroxylation sites is 1. The lowest BCUT2D eigenvalue weighted by molar-refractivity contribution is -0.112. The van der Waals surface area contributed by atoms with Crippen LogP contribution < -0.4 is 10.1 Å². The Bertz CT molecular complexity index is 1190. The minimum Gasteiger partial charge on any atom is -0.487 e. The Labute approximate surface area is 210 Å². The van der Waals surface area contributed by atoms with Gasteiger partial charge in [0, 0.05) is 14.5 Å². The van der Waals surface area contributed by atoms with Crippen molar-refractivity contribution in [1.82, 2.24) is 0 Å². The fourth-order valence-corrected chi connectivity index (χ4v) is 4.45. The number of nitrogens with zero attached hydrogens (tertiary/aromatic N) is 1. The van der Waals surface area contributed by atoms with Gasteiger partial charge in [0.25, 0.3) is 5.91 Å². The van der Waals surface area contributed by atoms with Gasteiger partial charge in [-0.1, -0.05) is 67.7 Å². The van der Waals surface area contributed by atoms with E-state index in [0.29, 0.717) is 33.1 Å². The molecule has 0 saturated carbocycles. The van der Waals surface area contributed by atoms with E-state index in [1.54, 1.807) is 30.3 Å². The molecule has 0 bridgehead atoms. The molecule has 0 aliphatic rings. The Hall–Kier alpha value is -2.11. The molecule has 0 unspecified atom stereocenters. The highest BCUT2D eigenvalue weighted by molar-refractivity contribution is 9.11. The van der Waals surface area contributed by atoms with Crippen LogP contribution in [-0.2, 0) is 11.4 Å². The third-order valence-electron chi connectivity index (χ3n) is 4.12. The number of carbonyl (C=O) groups excluding carboxylic acids is 1. The molecule has 0 fully saturated rings. The number of carbonyl (C=O) groups is 1. The van der Waals surface area contributed by atoms with E-state index in [4.69, 9.17) is 16.3 Å². The van der Waals surface area contributed by atoms with Crippen LogP contribution in [-0.4, -0.2) is 5.91 Å². The van der Waals surface area contributed by atoms with E-state index in [9.17, 15) is 10.1 Å². The predicted molar refractivity (Wildman–Crippen MR) is 134 cm³/mol. The molecule has 3 aromatic carbocycles. The van der Waals surface area contributed by atoms with E-state index >= 15 is 0 Å². The van der Waals surface area contributed by atoms with Crippen molar-refractivity contribution in [2.45, 2.75) is 6.61 Å². The number of ether oxygens (including phenoxy) is 1. The van der Waals surface area contributed by atoms with Gasteiger partial charge in [0.05, 0.1) is 15.2 Å². The summed E-state index contributed by atoms with van der Waals surface area (Å²) in [5, 5.41) is 12.6. The zero-order chi connectivity index (χ0) is 22.4. The summed E-state index contributed by atoms with van der Waals surface area (Å²) < 4.78 is 8.46. The number of benzene rings is 3. The quantitative estimate of drug-likeness (QED) is 0.225. The summed E-state index contributed by atoms with van der Waals surface area (Å²) >= 11 is 16.5. The van der Waals surface area contributed by atoms with Gasteiger partial charge < -0.3 is 10.1 Å². The molecule has 0 radical (unpaired) electrons. The van der Waals surface area contributed by atoms with Crippen LogP contribution >= 0.6 is 59.4 Å². The number of anilines is 1. The summed E-state index contributed by atoms with van der Waals surface area (Å²) in [5.74, 6) is -0.0463. The predicted octanol–water partition coefficient (Wildman–Crippen LogP) is 7.75. The van der Waals surface area contributed by atoms with Gasteiger partial charge in [0.15, 0.2) is 0 Å². The minimum absolute atomic E-state index is 0.0848. The second kappa shape index (κ2) is 11.0. The maximum Gasteiger partial charge on any atom is 0.266 e. The summed E-state index contributed by atoms with van der Waals surface area (Å²) in [6, 6.07) is 20.2. The van der Waals surface area contributed by atoms with Crippen LogP contribution in [0.1, 0.15) is 11.1 Å². The van der Waals surface area contributed by atoms with Crippen molar-refractivity contribution < 1.29 is 9.53 Å². The van der Waals surface area contributed by atoms with E-state index in [1.165, 1.54) is 6.08 Å². The molecule has 31 heavy (non-hydrogen) atoms. The first kappa shape index (κ1) is 23.6. The summed E-state index contributed by atoms with van der Waals surface area (Å²) in [4.78, 5) is 12.7. The molecular formula is C23H14Br3ClN2O2. The van der Waals surface area contributed by atoms with E-state index < -0.39 is 5.91 Å². The molecule has 0 atom stereocenters. The van der Waals surface area contributed by atoms with Crippen LogP contribution in [0, 0.1) is 11.3 Å². The fourth-order valence-electron chi connectivity index (χ4n) is 2.63. The number of nitrogens with one attached hydrogen (secondary N) is 1. The summed E-state index contributed by atoms with van der Waals surface area (Å²) in [7, 11) is 0. The zero-order valence-corrected chi connectivity index (χ0v) is 21.3. The first-order valence-corrected chi connectivity index (χ1v) is 11.7. The molecular weight excluding hydrogens is 611 g/mol. The van der Waals surface area contributed by atoms with Gasteiger partial charge in [-0.2, -0.15) is 5.26 Å². The van der Waals surface area contributed by atoms with Crippen LogP contribution in [0.25, 0.3) is 6.08 Å². The molecule has 1 N–H and O–H groups in total. The van der Waals surface area contributed by atoms with Crippen molar-refractivity contribution >= 4 is 77.1 Å². The van der Waals surface area contributed by atoms with Gasteiger partial charge in [0.2, 0.25) is 0 Å². The minimum atomic E-state index is -0.564. The van der Waals surface area contributed by atoms with Crippen molar-refractivity contribution in [1.29, 1.82) is 5.26 Å². The highest BCUT2D eigenvalue weighted by Gasteiger charge is 2.15. The topological polar surface area (TPSA) is 62.1 Å². The molecule has 4 nitrogen and oxygen atoms in total. The van der Waals surface area contributed by atoms with Gasteiger partial charge in [0.1, 0.15) is 24.0 Å². The number of halogens is 4. The molecule has 3 rings (SSSR count). The molecule has 0 spiro atoms. The zero-order valence-electron chi connectivity index (χ0n) is 15.8.